The van der Waals surface area contributed by atoms with E-state index in [1.54, 1.807) is 11.3 Å². The van der Waals surface area contributed by atoms with Gasteiger partial charge >= 0.3 is 0 Å². The predicted molar refractivity (Wildman–Crippen MR) is 122 cm³/mol. The summed E-state index contributed by atoms with van der Waals surface area (Å²) in [5.41, 5.74) is 11.7. The van der Waals surface area contributed by atoms with Crippen molar-refractivity contribution in [3.8, 4) is 21.8 Å². The van der Waals surface area contributed by atoms with Crippen LogP contribution in [0.5, 0.6) is 0 Å². The molecule has 154 valence electrons. The molecule has 1 aromatic carbocycles. The number of aromatic nitrogens is 2. The first-order valence-corrected chi connectivity index (χ1v) is 11.7. The first-order chi connectivity index (χ1) is 14.7. The van der Waals surface area contributed by atoms with Gasteiger partial charge in [-0.05, 0) is 60.7 Å². The van der Waals surface area contributed by atoms with Crippen molar-refractivity contribution >= 4 is 28.7 Å². The number of anilines is 2. The number of nitrogens with zero attached hydrogens (tertiary/aromatic N) is 2. The van der Waals surface area contributed by atoms with Crippen LogP contribution in [0, 0.1) is 5.92 Å². The Labute approximate surface area is 180 Å². The average Bonchev–Trinajstić information content (AvgIpc) is 3.28. The van der Waals surface area contributed by atoms with Crippen LogP contribution in [0.4, 0.5) is 11.5 Å². The van der Waals surface area contributed by atoms with Gasteiger partial charge in [-0.2, -0.15) is 0 Å². The monoisotopic (exact) mass is 418 g/mol. The molecule has 3 N–H and O–H groups in total. The topological polar surface area (TPSA) is 80.9 Å². The number of hydrogen-bond acceptors (Lipinski definition) is 5. The SMILES string of the molecule is Nc1ccc2c(c1)CCc1nc(NC(=O)CC3CCCCC3)c(-c3cccs3)nc1-2. The summed E-state index contributed by atoms with van der Waals surface area (Å²) < 4.78 is 0. The molecular weight excluding hydrogens is 392 g/mol. The Bertz CT molecular complexity index is 1070. The Morgan fingerprint density at radius 1 is 1.10 bits per heavy atom. The maximum absolute atomic E-state index is 12.8. The molecule has 0 bridgehead atoms. The van der Waals surface area contributed by atoms with E-state index in [1.165, 1.54) is 24.8 Å². The smallest absolute Gasteiger partial charge is 0.225 e. The molecule has 1 amide bonds. The number of fused-ring (bicyclic) bond motifs is 3. The lowest BCUT2D eigenvalue weighted by Gasteiger charge is -2.22. The number of nitrogens with two attached hydrogens (primary N) is 1. The lowest BCUT2D eigenvalue weighted by molar-refractivity contribution is -0.117. The van der Waals surface area contributed by atoms with E-state index in [-0.39, 0.29) is 5.91 Å². The minimum Gasteiger partial charge on any atom is -0.399 e. The molecule has 0 spiro atoms. The Hall–Kier alpha value is -2.73. The third kappa shape index (κ3) is 3.84. The maximum atomic E-state index is 12.8. The summed E-state index contributed by atoms with van der Waals surface area (Å²) in [5, 5.41) is 5.13. The van der Waals surface area contributed by atoms with Crippen LogP contribution in [0.15, 0.2) is 35.7 Å². The summed E-state index contributed by atoms with van der Waals surface area (Å²) in [6.45, 7) is 0. The standard InChI is InChI=1S/C24H26N4OS/c25-17-9-10-18-16(14-17)8-11-19-22(18)28-23(20-7-4-12-30-20)24(26-19)27-21(29)13-15-5-2-1-3-6-15/h4,7,9-10,12,14-15H,1-3,5-6,8,11,13,25H2,(H,26,27,29). The van der Waals surface area contributed by atoms with Gasteiger partial charge in [0.1, 0.15) is 5.69 Å². The van der Waals surface area contributed by atoms with Gasteiger partial charge in [0.05, 0.1) is 16.3 Å². The van der Waals surface area contributed by atoms with E-state index in [0.29, 0.717) is 18.2 Å². The summed E-state index contributed by atoms with van der Waals surface area (Å²) in [6, 6.07) is 10.0. The van der Waals surface area contributed by atoms with Crippen molar-refractivity contribution in [3.05, 3.63) is 47.0 Å². The maximum Gasteiger partial charge on any atom is 0.225 e. The highest BCUT2D eigenvalue weighted by Gasteiger charge is 2.24. The van der Waals surface area contributed by atoms with Crippen LogP contribution < -0.4 is 11.1 Å². The Morgan fingerprint density at radius 2 is 1.97 bits per heavy atom. The van der Waals surface area contributed by atoms with Crippen molar-refractivity contribution in [2.75, 3.05) is 11.1 Å². The first-order valence-electron chi connectivity index (χ1n) is 10.8. The molecule has 5 nitrogen and oxygen atoms in total. The average molecular weight is 419 g/mol. The highest BCUT2D eigenvalue weighted by Crippen LogP contribution is 2.37. The molecule has 6 heteroatoms. The lowest BCUT2D eigenvalue weighted by atomic mass is 9.87. The second-order valence-corrected chi connectivity index (χ2v) is 9.31. The van der Waals surface area contributed by atoms with Gasteiger partial charge in [0.15, 0.2) is 5.82 Å². The molecule has 2 aromatic heterocycles. The zero-order valence-electron chi connectivity index (χ0n) is 17.0. The first kappa shape index (κ1) is 19.2. The van der Waals surface area contributed by atoms with Gasteiger partial charge in [-0.1, -0.05) is 31.4 Å². The van der Waals surface area contributed by atoms with E-state index in [0.717, 1.165) is 58.9 Å². The summed E-state index contributed by atoms with van der Waals surface area (Å²) in [6.07, 6.45) is 8.34. The van der Waals surface area contributed by atoms with Crippen LogP contribution in [0.1, 0.15) is 49.8 Å². The Balaban J connectivity index is 1.50. The van der Waals surface area contributed by atoms with Crippen LogP contribution >= 0.6 is 11.3 Å². The molecule has 3 aromatic rings. The second-order valence-electron chi connectivity index (χ2n) is 8.37. The largest absolute Gasteiger partial charge is 0.399 e. The molecule has 0 unspecified atom stereocenters. The summed E-state index contributed by atoms with van der Waals surface area (Å²) in [4.78, 5) is 23.8. The minimum absolute atomic E-state index is 0.0536. The minimum atomic E-state index is 0.0536. The number of hydrogen-bond donors (Lipinski definition) is 2. The third-order valence-electron chi connectivity index (χ3n) is 6.19. The molecule has 0 radical (unpaired) electrons. The van der Waals surface area contributed by atoms with E-state index in [4.69, 9.17) is 15.7 Å². The number of carbonyl (C=O) groups is 1. The number of nitrogen functional groups attached to an aromatic ring is 1. The second kappa shape index (κ2) is 8.19. The number of aryl methyl sites for hydroxylation is 2. The van der Waals surface area contributed by atoms with Gasteiger partial charge < -0.3 is 11.1 Å². The fourth-order valence-corrected chi connectivity index (χ4v) is 5.39. The van der Waals surface area contributed by atoms with Crippen LogP contribution in [-0.2, 0) is 17.6 Å². The molecule has 2 heterocycles. The molecule has 5 rings (SSSR count). The van der Waals surface area contributed by atoms with Crippen molar-refractivity contribution in [2.45, 2.75) is 51.4 Å². The van der Waals surface area contributed by atoms with Crippen LogP contribution in [0.2, 0.25) is 0 Å². The van der Waals surface area contributed by atoms with E-state index in [9.17, 15) is 4.79 Å². The molecule has 30 heavy (non-hydrogen) atoms. The van der Waals surface area contributed by atoms with E-state index < -0.39 is 0 Å². The van der Waals surface area contributed by atoms with E-state index in [2.05, 4.69) is 5.32 Å². The summed E-state index contributed by atoms with van der Waals surface area (Å²) >= 11 is 1.61. The fourth-order valence-electron chi connectivity index (χ4n) is 4.67. The van der Waals surface area contributed by atoms with Gasteiger partial charge in [0.2, 0.25) is 5.91 Å². The molecule has 1 saturated carbocycles. The lowest BCUT2D eigenvalue weighted by Crippen LogP contribution is -2.20. The predicted octanol–water partition coefficient (Wildman–Crippen LogP) is 5.46. The molecular formula is C24H26N4OS. The molecule has 0 aliphatic heterocycles. The van der Waals surface area contributed by atoms with Crippen LogP contribution in [0.25, 0.3) is 21.8 Å². The molecule has 2 aliphatic carbocycles. The van der Waals surface area contributed by atoms with Crippen molar-refractivity contribution in [2.24, 2.45) is 5.92 Å². The fraction of sp³-hybridized carbons (Fsp3) is 0.375. The van der Waals surface area contributed by atoms with Crippen molar-refractivity contribution in [1.29, 1.82) is 0 Å². The van der Waals surface area contributed by atoms with E-state index >= 15 is 0 Å². The molecule has 2 aliphatic rings. The highest BCUT2D eigenvalue weighted by atomic mass is 32.1. The third-order valence-corrected chi connectivity index (χ3v) is 7.07. The van der Waals surface area contributed by atoms with Gasteiger partial charge in [-0.3, -0.25) is 4.79 Å². The van der Waals surface area contributed by atoms with Crippen molar-refractivity contribution in [3.63, 3.8) is 0 Å². The summed E-state index contributed by atoms with van der Waals surface area (Å²) in [5.74, 6) is 1.14. The molecule has 0 saturated heterocycles. The number of rotatable bonds is 4. The Morgan fingerprint density at radius 3 is 2.77 bits per heavy atom. The van der Waals surface area contributed by atoms with Gasteiger partial charge in [0, 0.05) is 17.7 Å². The van der Waals surface area contributed by atoms with Gasteiger partial charge in [0.25, 0.3) is 0 Å². The van der Waals surface area contributed by atoms with Crippen molar-refractivity contribution < 1.29 is 4.79 Å². The van der Waals surface area contributed by atoms with Gasteiger partial charge in [-0.25, -0.2) is 9.97 Å². The number of carbonyl (C=O) groups excluding carboxylic acids is 1. The highest BCUT2D eigenvalue weighted by molar-refractivity contribution is 7.13. The number of benzene rings is 1. The van der Waals surface area contributed by atoms with Gasteiger partial charge in [-0.15, -0.1) is 11.3 Å². The van der Waals surface area contributed by atoms with Crippen molar-refractivity contribution in [1.82, 2.24) is 9.97 Å². The Kier molecular flexibility index (Phi) is 5.25. The zero-order valence-corrected chi connectivity index (χ0v) is 17.8. The number of thiophene rings is 1. The quantitative estimate of drug-likeness (QED) is 0.551. The van der Waals surface area contributed by atoms with Crippen LogP contribution in [0.3, 0.4) is 0 Å². The number of nitrogens with one attached hydrogen (secondary N) is 1. The molecule has 1 fully saturated rings. The normalized spacial score (nSPS) is 16.0. The van der Waals surface area contributed by atoms with Crippen LogP contribution in [-0.4, -0.2) is 15.9 Å². The zero-order chi connectivity index (χ0) is 20.5. The summed E-state index contributed by atoms with van der Waals surface area (Å²) in [7, 11) is 0. The number of amides is 1. The van der Waals surface area contributed by atoms with E-state index in [1.807, 2.05) is 35.7 Å². The molecule has 0 atom stereocenters.